The Labute approximate surface area is 129 Å². The number of nitrogens with zero attached hydrogens (tertiary/aromatic N) is 2. The highest BCUT2D eigenvalue weighted by Crippen LogP contribution is 2.12. The average Bonchev–Trinajstić information content (AvgIpc) is 2.82. The highest BCUT2D eigenvalue weighted by Gasteiger charge is 2.10. The fraction of sp³-hybridized carbons (Fsp3) is 0.400. The molecule has 0 spiro atoms. The van der Waals surface area contributed by atoms with Crippen LogP contribution in [0.25, 0.3) is 0 Å². The number of carbonyl (C=O) groups is 1. The molecule has 2 N–H and O–H groups in total. The summed E-state index contributed by atoms with van der Waals surface area (Å²) in [6.45, 7) is 7.29. The zero-order chi connectivity index (χ0) is 15.4. The molecule has 112 valence electrons. The van der Waals surface area contributed by atoms with E-state index in [-0.39, 0.29) is 5.91 Å². The maximum Gasteiger partial charge on any atom is 0.251 e. The number of rotatable bonds is 5. The second-order valence-electron chi connectivity index (χ2n) is 4.94. The molecular weight excluding hydrogens is 284 g/mol. The van der Waals surface area contributed by atoms with Crippen LogP contribution in [0.4, 0.5) is 0 Å². The second kappa shape index (κ2) is 6.67. The minimum atomic E-state index is -0.0478. The number of hydrogen-bond acceptors (Lipinski definition) is 3. The van der Waals surface area contributed by atoms with Crippen LogP contribution in [0.2, 0.25) is 0 Å². The first-order valence-corrected chi connectivity index (χ1v) is 7.44. The van der Waals surface area contributed by atoms with E-state index in [9.17, 15) is 4.79 Å². The minimum Gasteiger partial charge on any atom is -0.352 e. The molecule has 0 aliphatic heterocycles. The Bertz CT molecular complexity index is 702. The number of nitrogens with one attached hydrogen (secondary N) is 2. The van der Waals surface area contributed by atoms with Gasteiger partial charge in [-0.2, -0.15) is 5.10 Å². The lowest BCUT2D eigenvalue weighted by molar-refractivity contribution is 0.0953. The van der Waals surface area contributed by atoms with Crippen LogP contribution in [0.15, 0.2) is 18.2 Å². The van der Waals surface area contributed by atoms with Gasteiger partial charge in [0, 0.05) is 25.1 Å². The molecule has 0 fully saturated rings. The number of hydrogen-bond donors (Lipinski definition) is 2. The van der Waals surface area contributed by atoms with Gasteiger partial charge < -0.3 is 9.88 Å². The molecule has 0 bridgehead atoms. The molecule has 1 aromatic carbocycles. The molecule has 0 saturated heterocycles. The fourth-order valence-electron chi connectivity index (χ4n) is 2.25. The Morgan fingerprint density at radius 1 is 1.43 bits per heavy atom. The number of H-pyrrole nitrogens is 1. The summed E-state index contributed by atoms with van der Waals surface area (Å²) >= 11 is 5.14. The molecule has 1 amide bonds. The normalized spacial score (nSPS) is 10.6. The Hall–Kier alpha value is -1.95. The third-order valence-corrected chi connectivity index (χ3v) is 3.95. The molecule has 2 aromatic rings. The summed E-state index contributed by atoms with van der Waals surface area (Å²) in [6, 6.07) is 5.75. The fourth-order valence-corrected chi connectivity index (χ4v) is 2.53. The summed E-state index contributed by atoms with van der Waals surface area (Å²) in [5.41, 5.74) is 2.87. The van der Waals surface area contributed by atoms with E-state index in [1.807, 2.05) is 43.5 Å². The van der Waals surface area contributed by atoms with Crippen LogP contribution < -0.4 is 5.32 Å². The molecule has 0 aliphatic rings. The predicted molar refractivity (Wildman–Crippen MR) is 85.0 cm³/mol. The predicted octanol–water partition coefficient (Wildman–Crippen LogP) is 2.55. The van der Waals surface area contributed by atoms with Crippen LogP contribution in [0, 0.1) is 18.6 Å². The van der Waals surface area contributed by atoms with Gasteiger partial charge in [0.2, 0.25) is 0 Å². The Morgan fingerprint density at radius 2 is 2.19 bits per heavy atom. The quantitative estimate of drug-likeness (QED) is 0.835. The average molecular weight is 304 g/mol. The Morgan fingerprint density at radius 3 is 2.90 bits per heavy atom. The van der Waals surface area contributed by atoms with Gasteiger partial charge in [0.25, 0.3) is 5.91 Å². The van der Waals surface area contributed by atoms with Crippen molar-refractivity contribution in [1.29, 1.82) is 0 Å². The van der Waals surface area contributed by atoms with Crippen molar-refractivity contribution in [2.75, 3.05) is 6.54 Å². The van der Waals surface area contributed by atoms with E-state index in [0.717, 1.165) is 29.1 Å². The van der Waals surface area contributed by atoms with Crippen molar-refractivity contribution in [1.82, 2.24) is 20.1 Å². The number of aryl methyl sites for hydroxylation is 1. The van der Waals surface area contributed by atoms with Gasteiger partial charge >= 0.3 is 0 Å². The molecule has 0 atom stereocenters. The molecule has 0 aliphatic carbocycles. The van der Waals surface area contributed by atoms with Gasteiger partial charge in [-0.25, -0.2) is 0 Å². The number of amides is 1. The monoisotopic (exact) mass is 304 g/mol. The number of benzene rings is 1. The standard InChI is InChI=1S/C15H20N4OS/c1-4-19-13(17-18-15(19)21)8-9-16-14(20)12-7-5-6-10(2)11(12)3/h5-7H,4,8-9H2,1-3H3,(H,16,20)(H,18,21). The molecule has 21 heavy (non-hydrogen) atoms. The molecule has 6 heteroatoms. The van der Waals surface area contributed by atoms with E-state index in [4.69, 9.17) is 12.2 Å². The molecule has 0 saturated carbocycles. The SMILES string of the molecule is CCn1c(CCNC(=O)c2cccc(C)c2C)n[nH]c1=S. The molecule has 1 aromatic heterocycles. The summed E-state index contributed by atoms with van der Waals surface area (Å²) in [5.74, 6) is 0.817. The molecule has 2 rings (SSSR count). The summed E-state index contributed by atoms with van der Waals surface area (Å²) in [4.78, 5) is 12.2. The van der Waals surface area contributed by atoms with E-state index in [0.29, 0.717) is 17.7 Å². The second-order valence-corrected chi connectivity index (χ2v) is 5.33. The van der Waals surface area contributed by atoms with Crippen molar-refractivity contribution in [3.05, 3.63) is 45.5 Å². The first kappa shape index (κ1) is 15.4. The number of aromatic amines is 1. The van der Waals surface area contributed by atoms with E-state index >= 15 is 0 Å². The largest absolute Gasteiger partial charge is 0.352 e. The van der Waals surface area contributed by atoms with E-state index < -0.39 is 0 Å². The molecule has 1 heterocycles. The van der Waals surface area contributed by atoms with Gasteiger partial charge in [-0.15, -0.1) is 0 Å². The topological polar surface area (TPSA) is 62.7 Å². The van der Waals surface area contributed by atoms with Gasteiger partial charge in [0.05, 0.1) is 0 Å². The lowest BCUT2D eigenvalue weighted by Crippen LogP contribution is -2.27. The lowest BCUT2D eigenvalue weighted by atomic mass is 10.0. The summed E-state index contributed by atoms with van der Waals surface area (Å²) in [6.07, 6.45) is 0.650. The van der Waals surface area contributed by atoms with Crippen LogP contribution in [0.5, 0.6) is 0 Å². The summed E-state index contributed by atoms with van der Waals surface area (Å²) in [5, 5.41) is 9.90. The number of carbonyl (C=O) groups excluding carboxylic acids is 1. The van der Waals surface area contributed by atoms with Crippen LogP contribution in [-0.2, 0) is 13.0 Å². The van der Waals surface area contributed by atoms with E-state index in [1.54, 1.807) is 0 Å². The molecular formula is C15H20N4OS. The molecule has 0 radical (unpaired) electrons. The van der Waals surface area contributed by atoms with Gasteiger partial charge in [-0.3, -0.25) is 9.89 Å². The Kier molecular flexibility index (Phi) is 4.90. The lowest BCUT2D eigenvalue weighted by Gasteiger charge is -2.09. The summed E-state index contributed by atoms with van der Waals surface area (Å²) < 4.78 is 2.55. The maximum atomic E-state index is 12.2. The molecule has 5 nitrogen and oxygen atoms in total. The zero-order valence-corrected chi connectivity index (χ0v) is 13.4. The molecule has 0 unspecified atom stereocenters. The van der Waals surface area contributed by atoms with Crippen molar-refractivity contribution >= 4 is 18.1 Å². The van der Waals surface area contributed by atoms with Crippen molar-refractivity contribution < 1.29 is 4.79 Å². The Balaban J connectivity index is 1.99. The summed E-state index contributed by atoms with van der Waals surface area (Å²) in [7, 11) is 0. The van der Waals surface area contributed by atoms with Crippen molar-refractivity contribution in [2.45, 2.75) is 33.7 Å². The van der Waals surface area contributed by atoms with E-state index in [1.165, 1.54) is 0 Å². The van der Waals surface area contributed by atoms with Crippen molar-refractivity contribution in [2.24, 2.45) is 0 Å². The van der Waals surface area contributed by atoms with Crippen LogP contribution in [0.1, 0.15) is 34.2 Å². The number of aromatic nitrogens is 3. The third-order valence-electron chi connectivity index (χ3n) is 3.64. The van der Waals surface area contributed by atoms with E-state index in [2.05, 4.69) is 15.5 Å². The third kappa shape index (κ3) is 3.39. The van der Waals surface area contributed by atoms with Gasteiger partial charge in [0.1, 0.15) is 5.82 Å². The van der Waals surface area contributed by atoms with Crippen molar-refractivity contribution in [3.63, 3.8) is 0 Å². The van der Waals surface area contributed by atoms with Gasteiger partial charge in [-0.1, -0.05) is 12.1 Å². The van der Waals surface area contributed by atoms with Crippen molar-refractivity contribution in [3.8, 4) is 0 Å². The zero-order valence-electron chi connectivity index (χ0n) is 12.6. The maximum absolute atomic E-state index is 12.2. The smallest absolute Gasteiger partial charge is 0.251 e. The van der Waals surface area contributed by atoms with Crippen LogP contribution >= 0.6 is 12.2 Å². The van der Waals surface area contributed by atoms with Gasteiger partial charge in [0.15, 0.2) is 4.77 Å². The van der Waals surface area contributed by atoms with Gasteiger partial charge in [-0.05, 0) is 50.2 Å². The van der Waals surface area contributed by atoms with Crippen LogP contribution in [0.3, 0.4) is 0 Å². The minimum absolute atomic E-state index is 0.0478. The highest BCUT2D eigenvalue weighted by molar-refractivity contribution is 7.71. The highest BCUT2D eigenvalue weighted by atomic mass is 32.1. The first-order valence-electron chi connectivity index (χ1n) is 7.03. The first-order chi connectivity index (χ1) is 10.0. The van der Waals surface area contributed by atoms with Crippen LogP contribution in [-0.4, -0.2) is 27.2 Å².